The number of benzene rings is 12. The Morgan fingerprint density at radius 2 is 0.500 bits per heavy atom. The second-order valence-electron chi connectivity index (χ2n) is 17.0. The van der Waals surface area contributed by atoms with Crippen LogP contribution in [0.25, 0.3) is 122 Å². The van der Waals surface area contributed by atoms with Crippen molar-refractivity contribution >= 4 is 55.2 Å². The highest BCUT2D eigenvalue weighted by Gasteiger charge is 2.21. The van der Waals surface area contributed by atoms with Gasteiger partial charge in [0.1, 0.15) is 0 Å². The molecule has 0 spiro atoms. The fourth-order valence-corrected chi connectivity index (χ4v) is 10.4. The van der Waals surface area contributed by atoms with Crippen LogP contribution in [0.2, 0.25) is 0 Å². The Hall–Kier alpha value is -8.58. The highest BCUT2D eigenvalue weighted by Crippen LogP contribution is 2.48. The van der Waals surface area contributed by atoms with Crippen LogP contribution in [-0.2, 0) is 0 Å². The van der Waals surface area contributed by atoms with Gasteiger partial charge in [0.2, 0.25) is 0 Å². The summed E-state index contributed by atoms with van der Waals surface area (Å²) in [6.45, 7) is 0. The van der Waals surface area contributed by atoms with Crippen LogP contribution in [0.5, 0.6) is 0 Å². The Kier molecular flexibility index (Phi) is 9.97. The van der Waals surface area contributed by atoms with E-state index < -0.39 is 0 Å². The first-order valence-corrected chi connectivity index (χ1v) is 22.8. The van der Waals surface area contributed by atoms with Gasteiger partial charge >= 0.3 is 0 Å². The molecule has 0 atom stereocenters. The maximum Gasteiger partial charge on any atom is -0.00201 e. The summed E-state index contributed by atoms with van der Waals surface area (Å²) in [4.78, 5) is 0. The Morgan fingerprint density at radius 1 is 0.182 bits per heavy atom. The van der Waals surface area contributed by atoms with E-state index >= 15 is 0 Å². The molecule has 0 aliphatic rings. The van der Waals surface area contributed by atoms with E-state index in [9.17, 15) is 0 Å². The Bertz CT molecular complexity index is 3670. The van der Waals surface area contributed by atoms with Crippen LogP contribution in [0.15, 0.2) is 255 Å². The van der Waals surface area contributed by atoms with Gasteiger partial charge in [0.25, 0.3) is 0 Å². The minimum atomic E-state index is 1.15. The molecule has 0 saturated heterocycles. The van der Waals surface area contributed by atoms with Gasteiger partial charge in [-0.15, -0.1) is 0 Å². The van der Waals surface area contributed by atoms with Crippen molar-refractivity contribution in [3.05, 3.63) is 266 Å². The number of hydrogen-bond donors (Lipinski definition) is 0. The quantitative estimate of drug-likeness (QED) is 0.106. The van der Waals surface area contributed by atoms with Crippen molar-refractivity contribution in [2.24, 2.45) is 0 Å². The largest absolute Gasteiger partial charge is 0.0622 e. The summed E-state index contributed by atoms with van der Waals surface area (Å²) < 4.78 is 0. The molecule has 12 aromatic rings. The van der Waals surface area contributed by atoms with Gasteiger partial charge in [0.15, 0.2) is 0 Å². The minimum Gasteiger partial charge on any atom is -0.0622 e. The summed E-state index contributed by atoms with van der Waals surface area (Å²) in [6, 6.07) is 92.9. The predicted octanol–water partition coefficient (Wildman–Crippen LogP) is 18.5. The summed E-state index contributed by atoms with van der Waals surface area (Å²) in [5.74, 6) is 0. The lowest BCUT2D eigenvalue weighted by molar-refractivity contribution is 1.58. The SMILES string of the molecule is C(=Cc1ccccc1-c1ccccc1-c1c2ccccc2c(-c2ccccc2)c2ccccc12)c1ccc(-c2ccccc2-c2c3ccccc3c(-c3ccccc3)c3ccccc23)cc1. The standard InChI is InChI=1S/C66H44/c1-3-22-48(23-4-1)63-55-31-13-17-35-59(55)65(60-36-18-14-32-56(60)63)53-29-11-9-27-51(53)47-43-40-45(41-44-47)39-42-46-21-7-8-26-50(46)52-28-10-12-30-54(52)66-61-37-19-15-33-57(61)64(49-24-5-2-6-25-49)58-34-16-20-38-62(58)66/h1-44H. The summed E-state index contributed by atoms with van der Waals surface area (Å²) in [5.41, 5.74) is 17.2. The van der Waals surface area contributed by atoms with Crippen molar-refractivity contribution in [1.29, 1.82) is 0 Å². The van der Waals surface area contributed by atoms with E-state index in [4.69, 9.17) is 0 Å². The molecule has 12 rings (SSSR count). The van der Waals surface area contributed by atoms with Crippen LogP contribution in [0, 0.1) is 0 Å². The van der Waals surface area contributed by atoms with E-state index in [1.54, 1.807) is 0 Å². The molecule has 0 unspecified atom stereocenters. The number of fused-ring (bicyclic) bond motifs is 4. The highest BCUT2D eigenvalue weighted by atomic mass is 14.2. The summed E-state index contributed by atoms with van der Waals surface area (Å²) in [7, 11) is 0. The fourth-order valence-electron chi connectivity index (χ4n) is 10.4. The van der Waals surface area contributed by atoms with Gasteiger partial charge in [-0.05, 0) is 121 Å². The molecular formula is C66H44. The zero-order valence-corrected chi connectivity index (χ0v) is 36.4. The summed E-state index contributed by atoms with van der Waals surface area (Å²) in [5, 5.41) is 10.1. The molecule has 0 aromatic heterocycles. The zero-order valence-electron chi connectivity index (χ0n) is 36.4. The second-order valence-corrected chi connectivity index (χ2v) is 17.0. The van der Waals surface area contributed by atoms with Crippen molar-refractivity contribution in [2.45, 2.75) is 0 Å². The van der Waals surface area contributed by atoms with Gasteiger partial charge in [-0.2, -0.15) is 0 Å². The molecule has 0 radical (unpaired) electrons. The Morgan fingerprint density at radius 3 is 0.939 bits per heavy atom. The number of hydrogen-bond acceptors (Lipinski definition) is 0. The highest BCUT2D eigenvalue weighted by molar-refractivity contribution is 6.24. The molecule has 0 amide bonds. The average molecular weight is 837 g/mol. The summed E-state index contributed by atoms with van der Waals surface area (Å²) in [6.07, 6.45) is 4.52. The van der Waals surface area contributed by atoms with Gasteiger partial charge in [0.05, 0.1) is 0 Å². The van der Waals surface area contributed by atoms with Crippen LogP contribution < -0.4 is 0 Å². The van der Waals surface area contributed by atoms with Gasteiger partial charge in [-0.3, -0.25) is 0 Å². The molecule has 0 aliphatic heterocycles. The minimum absolute atomic E-state index is 1.15. The van der Waals surface area contributed by atoms with E-state index in [1.165, 1.54) is 115 Å². The first-order valence-electron chi connectivity index (χ1n) is 22.8. The molecule has 0 heterocycles. The smallest absolute Gasteiger partial charge is 0.00201 e. The average Bonchev–Trinajstić information content (AvgIpc) is 3.39. The van der Waals surface area contributed by atoms with Gasteiger partial charge in [-0.1, -0.05) is 267 Å². The monoisotopic (exact) mass is 836 g/mol. The third kappa shape index (κ3) is 6.79. The first-order chi connectivity index (χ1) is 32.8. The molecule has 12 aromatic carbocycles. The van der Waals surface area contributed by atoms with Crippen molar-refractivity contribution in [3.63, 3.8) is 0 Å². The second kappa shape index (κ2) is 16.8. The molecule has 0 nitrogen and oxygen atoms in total. The lowest BCUT2D eigenvalue weighted by atomic mass is 9.83. The molecule has 0 saturated carbocycles. The Labute approximate surface area is 386 Å². The van der Waals surface area contributed by atoms with Crippen LogP contribution in [0.4, 0.5) is 0 Å². The van der Waals surface area contributed by atoms with E-state index in [1.807, 2.05) is 0 Å². The molecule has 66 heavy (non-hydrogen) atoms. The maximum absolute atomic E-state index is 2.30. The number of rotatable bonds is 8. The first kappa shape index (κ1) is 39.0. The molecule has 0 aliphatic carbocycles. The van der Waals surface area contributed by atoms with Gasteiger partial charge < -0.3 is 0 Å². The van der Waals surface area contributed by atoms with Gasteiger partial charge in [0, 0.05) is 0 Å². The third-order valence-corrected chi connectivity index (χ3v) is 13.3. The lowest BCUT2D eigenvalue weighted by Crippen LogP contribution is -1.93. The molecule has 0 N–H and O–H groups in total. The third-order valence-electron chi connectivity index (χ3n) is 13.3. The topological polar surface area (TPSA) is 0 Å². The normalized spacial score (nSPS) is 11.6. The molecule has 308 valence electrons. The van der Waals surface area contributed by atoms with Crippen molar-refractivity contribution in [3.8, 4) is 66.8 Å². The molecule has 0 heteroatoms. The molecule has 0 bridgehead atoms. The lowest BCUT2D eigenvalue weighted by Gasteiger charge is -2.20. The van der Waals surface area contributed by atoms with E-state index in [0.29, 0.717) is 0 Å². The molecular weight excluding hydrogens is 793 g/mol. The maximum atomic E-state index is 2.30. The fraction of sp³-hybridized carbons (Fsp3) is 0. The van der Waals surface area contributed by atoms with E-state index in [2.05, 4.69) is 267 Å². The summed E-state index contributed by atoms with van der Waals surface area (Å²) >= 11 is 0. The van der Waals surface area contributed by atoms with E-state index in [-0.39, 0.29) is 0 Å². The predicted molar refractivity (Wildman–Crippen MR) is 284 cm³/mol. The van der Waals surface area contributed by atoms with Crippen molar-refractivity contribution in [2.75, 3.05) is 0 Å². The van der Waals surface area contributed by atoms with Crippen LogP contribution in [-0.4, -0.2) is 0 Å². The zero-order chi connectivity index (χ0) is 43.8. The van der Waals surface area contributed by atoms with Crippen LogP contribution >= 0.6 is 0 Å². The van der Waals surface area contributed by atoms with Crippen molar-refractivity contribution < 1.29 is 0 Å². The Balaban J connectivity index is 0.930. The van der Waals surface area contributed by atoms with E-state index in [0.717, 1.165) is 5.56 Å². The van der Waals surface area contributed by atoms with Crippen molar-refractivity contribution in [1.82, 2.24) is 0 Å². The molecule has 0 fully saturated rings. The van der Waals surface area contributed by atoms with Gasteiger partial charge in [-0.25, -0.2) is 0 Å². The van der Waals surface area contributed by atoms with Crippen LogP contribution in [0.3, 0.4) is 0 Å². The van der Waals surface area contributed by atoms with Crippen LogP contribution in [0.1, 0.15) is 11.1 Å².